The molecule has 0 aromatic carbocycles. The lowest BCUT2D eigenvalue weighted by molar-refractivity contribution is -0.357. The maximum atomic E-state index is 14.7. The Morgan fingerprint density at radius 2 is 1.23 bits per heavy atom. The van der Waals surface area contributed by atoms with E-state index in [0.717, 1.165) is 25.7 Å². The van der Waals surface area contributed by atoms with Gasteiger partial charge < -0.3 is 86.0 Å². The highest BCUT2D eigenvalue weighted by atomic mass is 16.7. The molecule has 1 aliphatic carbocycles. The van der Waals surface area contributed by atoms with E-state index in [1.165, 1.54) is 4.90 Å². The molecule has 17 atom stereocenters. The van der Waals surface area contributed by atoms with Crippen molar-refractivity contribution in [3.05, 3.63) is 0 Å². The molecule has 0 spiro atoms. The molecule has 3 heterocycles. The van der Waals surface area contributed by atoms with E-state index < -0.39 is 135 Å². The minimum Gasteiger partial charge on any atom is -0.481 e. The zero-order chi connectivity index (χ0) is 39.0. The number of nitrogens with zero attached hydrogens (tertiary/aromatic N) is 1. The van der Waals surface area contributed by atoms with Crippen LogP contribution in [-0.2, 0) is 33.3 Å². The fraction of sp³-hybridized carbons (Fsp3) is 0.941. The Bertz CT molecular complexity index is 1140. The predicted octanol–water partition coefficient (Wildman–Crippen LogP) is -3.55. The SMILES string of the molecule is CCCCCCCCN(C(=O)C1CCCCC1C(=O)O)[C@H]1[C@H](OC2[C@@H](CO)O[C@@H](O)[C@H](N)[C@H]2O)O[C@H](CO)C(O[C@@H]2O[C@H](CO)[C@@H](O)[C@H](O)[C@H]2N)[C@@H]1O. The number of carbonyl (C=O) groups excluding carboxylic acids is 1. The van der Waals surface area contributed by atoms with Crippen molar-refractivity contribution in [2.24, 2.45) is 23.3 Å². The first kappa shape index (κ1) is 44.1. The van der Waals surface area contributed by atoms with Crippen LogP contribution in [-0.4, -0.2) is 181 Å². The van der Waals surface area contributed by atoms with Gasteiger partial charge in [0.15, 0.2) is 18.9 Å². The molecule has 4 fully saturated rings. The number of rotatable bonds is 17. The highest BCUT2D eigenvalue weighted by molar-refractivity contribution is 5.85. The molecule has 4 unspecified atom stereocenters. The summed E-state index contributed by atoms with van der Waals surface area (Å²) in [4.78, 5) is 28.3. The van der Waals surface area contributed by atoms with Crippen LogP contribution in [0.1, 0.15) is 71.1 Å². The third-order valence-corrected chi connectivity index (χ3v) is 11.0. The van der Waals surface area contributed by atoms with Crippen molar-refractivity contribution in [1.29, 1.82) is 0 Å². The summed E-state index contributed by atoms with van der Waals surface area (Å²) in [6.07, 6.45) is -12.1. The molecule has 4 rings (SSSR count). The van der Waals surface area contributed by atoms with Gasteiger partial charge in [-0.1, -0.05) is 51.9 Å². The van der Waals surface area contributed by atoms with E-state index in [1.807, 2.05) is 0 Å². The summed E-state index contributed by atoms with van der Waals surface area (Å²) in [7, 11) is 0. The minimum atomic E-state index is -1.80. The normalized spacial score (nSPS) is 42.3. The highest BCUT2D eigenvalue weighted by Crippen LogP contribution is 2.37. The van der Waals surface area contributed by atoms with Crippen LogP contribution in [0.5, 0.6) is 0 Å². The van der Waals surface area contributed by atoms with Crippen LogP contribution in [0.3, 0.4) is 0 Å². The van der Waals surface area contributed by atoms with E-state index in [4.69, 9.17) is 35.2 Å². The van der Waals surface area contributed by atoms with Crippen LogP contribution >= 0.6 is 0 Å². The molecule has 308 valence electrons. The van der Waals surface area contributed by atoms with Crippen molar-refractivity contribution >= 4 is 11.9 Å². The minimum absolute atomic E-state index is 0.0115. The first-order valence-corrected chi connectivity index (χ1v) is 18.9. The number of aliphatic hydroxyl groups excluding tert-OH is 8. The molecule has 0 bridgehead atoms. The van der Waals surface area contributed by atoms with Crippen LogP contribution in [0.2, 0.25) is 0 Å². The fourth-order valence-corrected chi connectivity index (χ4v) is 7.87. The van der Waals surface area contributed by atoms with Crippen LogP contribution in [0.4, 0.5) is 0 Å². The standard InChI is InChI=1S/C34H61N3O16/c1-2-3-4-5-6-9-12-37(30(45)16-10-7-8-11-17(16)31(46)47)23-27(44)29(52-33-22(36)25(42)24(41)18(13-38)50-33)20(15-40)51-34(23)53-28-19(14-39)49-32(48)21(35)26(28)43/h16-29,32-34,38-44,48H,2-15,35-36H2,1H3,(H,46,47)/t16?,17?,18-,19-,20-,21-,22-,23-,24-,25-,26-,27-,28?,29?,32-,33+,34+/m1/s1. The van der Waals surface area contributed by atoms with Gasteiger partial charge in [-0.2, -0.15) is 0 Å². The summed E-state index contributed by atoms with van der Waals surface area (Å²) in [5.41, 5.74) is 12.1. The van der Waals surface area contributed by atoms with Gasteiger partial charge in [0.1, 0.15) is 61.0 Å². The molecule has 4 aliphatic rings. The number of aliphatic hydroxyl groups is 8. The van der Waals surface area contributed by atoms with E-state index in [0.29, 0.717) is 25.7 Å². The van der Waals surface area contributed by atoms with E-state index in [9.17, 15) is 55.5 Å². The van der Waals surface area contributed by atoms with Crippen molar-refractivity contribution in [1.82, 2.24) is 4.90 Å². The molecule has 3 aliphatic heterocycles. The van der Waals surface area contributed by atoms with Crippen LogP contribution < -0.4 is 11.5 Å². The van der Waals surface area contributed by atoms with Gasteiger partial charge in [0, 0.05) is 6.54 Å². The van der Waals surface area contributed by atoms with Crippen LogP contribution in [0, 0.1) is 11.8 Å². The Kier molecular flexibility index (Phi) is 17.0. The molecule has 13 N–H and O–H groups in total. The van der Waals surface area contributed by atoms with E-state index >= 15 is 0 Å². The van der Waals surface area contributed by atoms with Gasteiger partial charge in [0.2, 0.25) is 5.91 Å². The lowest BCUT2D eigenvalue weighted by Gasteiger charge is -2.52. The number of hydrogen-bond donors (Lipinski definition) is 11. The Morgan fingerprint density at radius 3 is 1.85 bits per heavy atom. The summed E-state index contributed by atoms with van der Waals surface area (Å²) in [5.74, 6) is -3.71. The average molecular weight is 768 g/mol. The summed E-state index contributed by atoms with van der Waals surface area (Å²) in [5, 5.41) is 94.9. The van der Waals surface area contributed by atoms with Crippen molar-refractivity contribution in [2.75, 3.05) is 26.4 Å². The molecule has 19 nitrogen and oxygen atoms in total. The second kappa shape index (κ2) is 20.5. The number of carboxylic acids is 1. The largest absolute Gasteiger partial charge is 0.481 e. The van der Waals surface area contributed by atoms with Crippen molar-refractivity contribution in [3.63, 3.8) is 0 Å². The van der Waals surface area contributed by atoms with Gasteiger partial charge in [-0.3, -0.25) is 9.59 Å². The molecule has 53 heavy (non-hydrogen) atoms. The lowest BCUT2D eigenvalue weighted by atomic mass is 9.78. The van der Waals surface area contributed by atoms with Crippen LogP contribution in [0.25, 0.3) is 0 Å². The average Bonchev–Trinajstić information content (AvgIpc) is 3.15. The summed E-state index contributed by atoms with van der Waals surface area (Å²) >= 11 is 0. The molecular formula is C34H61N3O16. The first-order chi connectivity index (χ1) is 25.3. The molecular weight excluding hydrogens is 706 g/mol. The van der Waals surface area contributed by atoms with E-state index in [2.05, 4.69) is 6.92 Å². The van der Waals surface area contributed by atoms with Crippen molar-refractivity contribution in [2.45, 2.75) is 163 Å². The third-order valence-electron chi connectivity index (χ3n) is 11.0. The monoisotopic (exact) mass is 767 g/mol. The zero-order valence-electron chi connectivity index (χ0n) is 30.2. The lowest BCUT2D eigenvalue weighted by Crippen LogP contribution is -2.71. The Hall–Kier alpha value is -1.66. The second-order valence-electron chi connectivity index (χ2n) is 14.6. The maximum absolute atomic E-state index is 14.7. The number of carboxylic acid groups (broad SMARTS) is 1. The smallest absolute Gasteiger partial charge is 0.307 e. The van der Waals surface area contributed by atoms with E-state index in [1.54, 1.807) is 0 Å². The Balaban J connectivity index is 1.75. The quantitative estimate of drug-likeness (QED) is 0.0638. The van der Waals surface area contributed by atoms with Crippen molar-refractivity contribution in [3.8, 4) is 0 Å². The first-order valence-electron chi connectivity index (χ1n) is 18.9. The molecule has 19 heteroatoms. The number of ether oxygens (including phenoxy) is 5. The number of hydrogen-bond acceptors (Lipinski definition) is 17. The molecule has 3 saturated heterocycles. The Morgan fingerprint density at radius 1 is 0.679 bits per heavy atom. The maximum Gasteiger partial charge on any atom is 0.307 e. The van der Waals surface area contributed by atoms with Gasteiger partial charge in [0.25, 0.3) is 0 Å². The third kappa shape index (κ3) is 10.2. The van der Waals surface area contributed by atoms with Gasteiger partial charge in [-0.05, 0) is 19.3 Å². The van der Waals surface area contributed by atoms with Crippen LogP contribution in [0.15, 0.2) is 0 Å². The number of carbonyl (C=O) groups is 2. The Labute approximate surface area is 308 Å². The van der Waals surface area contributed by atoms with Gasteiger partial charge in [-0.15, -0.1) is 0 Å². The molecule has 0 radical (unpaired) electrons. The number of amides is 1. The van der Waals surface area contributed by atoms with E-state index in [-0.39, 0.29) is 19.4 Å². The van der Waals surface area contributed by atoms with Gasteiger partial charge in [0.05, 0.1) is 43.7 Å². The predicted molar refractivity (Wildman–Crippen MR) is 181 cm³/mol. The number of nitrogens with two attached hydrogens (primary N) is 2. The van der Waals surface area contributed by atoms with Crippen molar-refractivity contribution < 1.29 is 79.2 Å². The second-order valence-corrected chi connectivity index (χ2v) is 14.6. The fourth-order valence-electron chi connectivity index (χ4n) is 7.87. The van der Waals surface area contributed by atoms with Gasteiger partial charge >= 0.3 is 5.97 Å². The molecule has 1 saturated carbocycles. The molecule has 0 aromatic heterocycles. The molecule has 1 amide bonds. The topological polar surface area (TPSA) is 318 Å². The highest BCUT2D eigenvalue weighted by Gasteiger charge is 2.56. The molecule has 0 aromatic rings. The number of unbranched alkanes of at least 4 members (excludes halogenated alkanes) is 5. The zero-order valence-corrected chi connectivity index (χ0v) is 30.2. The summed E-state index contributed by atoms with van der Waals surface area (Å²) in [6, 6.07) is -4.31. The van der Waals surface area contributed by atoms with Gasteiger partial charge in [-0.25, -0.2) is 0 Å². The summed E-state index contributed by atoms with van der Waals surface area (Å²) < 4.78 is 29.5. The summed E-state index contributed by atoms with van der Waals surface area (Å²) in [6.45, 7) is -0.200. The number of aliphatic carboxylic acids is 1.